The molecule has 1 spiro atoms. The van der Waals surface area contributed by atoms with E-state index in [1.54, 1.807) is 31.3 Å². The molecule has 3 aliphatic heterocycles. The minimum atomic E-state index is -1.26. The number of Topliss-reactive ketones (excluding diaryl/α,β-unsaturated/α-hetero) is 2. The molecular formula is C43H63N5O10. The van der Waals surface area contributed by atoms with Crippen LogP contribution in [-0.2, 0) is 44.6 Å². The molecule has 2 aromatic heterocycles. The Morgan fingerprint density at radius 2 is 1.69 bits per heavy atom. The molecule has 5 heterocycles. The largest absolute Gasteiger partial charge is 0.457 e. The number of aromatic nitrogens is 3. The van der Waals surface area contributed by atoms with E-state index in [0.29, 0.717) is 25.9 Å². The fourth-order valence-corrected chi connectivity index (χ4v) is 9.75. The number of methoxy groups -OCH3 is 1. The van der Waals surface area contributed by atoms with E-state index < -0.39 is 89.3 Å². The second-order valence-electron chi connectivity index (χ2n) is 17.8. The Kier molecular flexibility index (Phi) is 12.9. The highest BCUT2D eigenvalue weighted by Gasteiger charge is 2.78. The fraction of sp³-hybridized carbons (Fsp3) is 0.721. The predicted octanol–water partition coefficient (Wildman–Crippen LogP) is 4.46. The third kappa shape index (κ3) is 8.21. The van der Waals surface area contributed by atoms with Crippen LogP contribution in [0.25, 0.3) is 11.3 Å². The van der Waals surface area contributed by atoms with Gasteiger partial charge in [-0.25, -0.2) is 9.78 Å². The first-order valence-corrected chi connectivity index (χ1v) is 20.8. The van der Waals surface area contributed by atoms with Crippen molar-refractivity contribution in [2.24, 2.45) is 29.6 Å². The third-order valence-electron chi connectivity index (χ3n) is 13.4. The third-order valence-corrected chi connectivity index (χ3v) is 13.4. The molecule has 0 radical (unpaired) electrons. The molecule has 4 aliphatic rings. The minimum Gasteiger partial charge on any atom is -0.457 e. The molecule has 1 saturated carbocycles. The summed E-state index contributed by atoms with van der Waals surface area (Å²) in [5, 5.41) is 11.4. The molecule has 1 N–H and O–H groups in total. The summed E-state index contributed by atoms with van der Waals surface area (Å²) in [6.07, 6.45) is 2.75. The van der Waals surface area contributed by atoms with Gasteiger partial charge in [0.2, 0.25) is 0 Å². The average Bonchev–Trinajstić information content (AvgIpc) is 3.47. The molecule has 58 heavy (non-hydrogen) atoms. The Labute approximate surface area is 342 Å². The van der Waals surface area contributed by atoms with Gasteiger partial charge in [-0.05, 0) is 79.6 Å². The molecule has 1 unspecified atom stereocenters. The standard InChI is InChI=1S/C43H63N5O10/c1-23-19-42(8,54-11)37(57-40-35(51)32(46(9)10)18-25(3)55-40)27(5)34(50)28(6)39(52)56-38-29(7)43(38)36(26(4)33(23)49)48(41(53)58-43)17-13-12-16-47-21-31(45-22-47)30-15-14-24(2)44-20-30/h14-15,20-23,25-29,32,35-38,40,51H,12-13,16-19H2,1-11H3/t23-,25-,26+,27+,28-,29?,32+,35-,36-,37-,38-,40+,42+,43+/m1/s1. The number of pyridine rings is 1. The number of hydrogen-bond donors (Lipinski definition) is 1. The first-order valence-electron chi connectivity index (χ1n) is 20.8. The Hall–Kier alpha value is -3.76. The highest BCUT2D eigenvalue weighted by Crippen LogP contribution is 2.59. The van der Waals surface area contributed by atoms with Crippen LogP contribution in [0.4, 0.5) is 4.79 Å². The highest BCUT2D eigenvalue weighted by molar-refractivity contribution is 6.00. The van der Waals surface area contributed by atoms with Gasteiger partial charge >= 0.3 is 12.1 Å². The number of carbonyl (C=O) groups excluding carboxylic acids is 4. The van der Waals surface area contributed by atoms with Gasteiger partial charge in [0.05, 0.1) is 35.9 Å². The molecule has 2 aromatic rings. The zero-order chi connectivity index (χ0) is 42.4. The van der Waals surface area contributed by atoms with Crippen LogP contribution < -0.4 is 0 Å². The SMILES string of the molecule is CO[C@@]1(C)C[C@@H](C)C(=O)[C@H](C)[C@H]2N(CCCCn3cnc(-c4ccc(C)nc4)c3)C(=O)O[C@@]23C(C)[C@H]3OC(=O)[C@H](C)C(=O)[C@H](C)[C@H]1O[C@@H]1O[C@H](C)C[C@H](N(C)C)[C@H]1O. The number of nitrogens with zero attached hydrogens (tertiary/aromatic N) is 5. The maximum Gasteiger partial charge on any atom is 0.410 e. The first-order chi connectivity index (χ1) is 27.3. The molecule has 14 atom stereocenters. The first kappa shape index (κ1) is 43.8. The number of aliphatic hydroxyl groups is 1. The monoisotopic (exact) mass is 809 g/mol. The lowest BCUT2D eigenvalue weighted by molar-refractivity contribution is -0.295. The van der Waals surface area contributed by atoms with Crippen molar-refractivity contribution in [2.75, 3.05) is 27.7 Å². The maximum atomic E-state index is 14.7. The van der Waals surface area contributed by atoms with E-state index in [2.05, 4.69) is 9.97 Å². The normalized spacial score (nSPS) is 38.5. The lowest BCUT2D eigenvalue weighted by atomic mass is 9.75. The van der Waals surface area contributed by atoms with Gasteiger partial charge in [-0.2, -0.15) is 0 Å². The number of aryl methyl sites for hydroxylation is 2. The Balaban J connectivity index is 1.24. The predicted molar refractivity (Wildman–Crippen MR) is 212 cm³/mol. The number of likely N-dealkylation sites (N-methyl/N-ethyl adjacent to an activating group) is 1. The molecule has 0 aromatic carbocycles. The number of esters is 1. The second kappa shape index (κ2) is 17.1. The number of aliphatic hydroxyl groups excluding tert-OH is 1. The molecule has 4 fully saturated rings. The summed E-state index contributed by atoms with van der Waals surface area (Å²) < 4.78 is 33.1. The van der Waals surface area contributed by atoms with Crippen molar-refractivity contribution < 1.29 is 48.0 Å². The Morgan fingerprint density at radius 1 is 0.983 bits per heavy atom. The Bertz CT molecular complexity index is 1820. The summed E-state index contributed by atoms with van der Waals surface area (Å²) in [5.74, 6) is -5.21. The van der Waals surface area contributed by atoms with Crippen molar-refractivity contribution in [1.82, 2.24) is 24.3 Å². The van der Waals surface area contributed by atoms with E-state index >= 15 is 0 Å². The van der Waals surface area contributed by atoms with E-state index in [9.17, 15) is 24.3 Å². The van der Waals surface area contributed by atoms with Gasteiger partial charge in [0.1, 0.15) is 17.8 Å². The topological polar surface area (TPSA) is 172 Å². The van der Waals surface area contributed by atoms with Crippen molar-refractivity contribution >= 4 is 23.6 Å². The maximum absolute atomic E-state index is 14.7. The smallest absolute Gasteiger partial charge is 0.410 e. The lowest BCUT2D eigenvalue weighted by Crippen LogP contribution is -2.59. The minimum absolute atomic E-state index is 0.130. The number of ether oxygens (including phenoxy) is 5. The van der Waals surface area contributed by atoms with Gasteiger partial charge in [-0.3, -0.25) is 19.4 Å². The van der Waals surface area contributed by atoms with E-state index in [0.717, 1.165) is 23.4 Å². The van der Waals surface area contributed by atoms with Crippen LogP contribution in [-0.4, -0.2) is 135 Å². The lowest BCUT2D eigenvalue weighted by Gasteiger charge is -2.46. The average molecular weight is 810 g/mol. The van der Waals surface area contributed by atoms with Gasteiger partial charge in [-0.1, -0.05) is 27.7 Å². The zero-order valence-electron chi connectivity index (χ0n) is 35.9. The molecule has 1 amide bonds. The number of carbonyl (C=O) groups is 4. The van der Waals surface area contributed by atoms with Crippen LogP contribution in [0, 0.1) is 36.5 Å². The summed E-state index contributed by atoms with van der Waals surface area (Å²) in [7, 11) is 5.25. The zero-order valence-corrected chi connectivity index (χ0v) is 35.9. The van der Waals surface area contributed by atoms with Gasteiger partial charge in [-0.15, -0.1) is 0 Å². The van der Waals surface area contributed by atoms with Crippen LogP contribution in [0.1, 0.15) is 79.8 Å². The molecule has 15 heteroatoms. The van der Waals surface area contributed by atoms with E-state index in [4.69, 9.17) is 23.7 Å². The van der Waals surface area contributed by atoms with Gasteiger partial charge < -0.3 is 43.2 Å². The van der Waals surface area contributed by atoms with E-state index in [1.807, 2.05) is 76.5 Å². The van der Waals surface area contributed by atoms with E-state index in [-0.39, 0.29) is 24.3 Å². The summed E-state index contributed by atoms with van der Waals surface area (Å²) in [4.78, 5) is 69.0. The van der Waals surface area contributed by atoms with Crippen molar-refractivity contribution in [1.29, 1.82) is 0 Å². The van der Waals surface area contributed by atoms with Gasteiger partial charge in [0.25, 0.3) is 0 Å². The second-order valence-corrected chi connectivity index (χ2v) is 17.8. The Morgan fingerprint density at radius 3 is 2.34 bits per heavy atom. The van der Waals surface area contributed by atoms with Crippen molar-refractivity contribution in [2.45, 2.75) is 142 Å². The van der Waals surface area contributed by atoms with Crippen LogP contribution in [0.15, 0.2) is 30.9 Å². The van der Waals surface area contributed by atoms with Crippen LogP contribution in [0.5, 0.6) is 0 Å². The molecule has 3 saturated heterocycles. The number of ketones is 2. The fourth-order valence-electron chi connectivity index (χ4n) is 9.75. The van der Waals surface area contributed by atoms with Gasteiger partial charge in [0, 0.05) is 73.6 Å². The highest BCUT2D eigenvalue weighted by atomic mass is 16.7. The number of rotatable bonds is 10. The summed E-state index contributed by atoms with van der Waals surface area (Å²) in [6.45, 7) is 15.2. The van der Waals surface area contributed by atoms with Gasteiger partial charge in [0.15, 0.2) is 23.8 Å². The quantitative estimate of drug-likeness (QED) is 0.203. The molecule has 1 aliphatic carbocycles. The van der Waals surface area contributed by atoms with Crippen LogP contribution in [0.2, 0.25) is 0 Å². The number of amides is 1. The number of hydrogen-bond acceptors (Lipinski definition) is 13. The van der Waals surface area contributed by atoms with Crippen LogP contribution in [0.3, 0.4) is 0 Å². The molecule has 0 bridgehead atoms. The molecule has 320 valence electrons. The molecule has 6 rings (SSSR count). The molecule has 15 nitrogen and oxygen atoms in total. The molecular weight excluding hydrogens is 746 g/mol. The van der Waals surface area contributed by atoms with Crippen molar-refractivity contribution in [3.63, 3.8) is 0 Å². The van der Waals surface area contributed by atoms with E-state index in [1.165, 1.54) is 14.0 Å². The summed E-state index contributed by atoms with van der Waals surface area (Å²) in [6, 6.07) is 2.94. The summed E-state index contributed by atoms with van der Waals surface area (Å²) >= 11 is 0. The van der Waals surface area contributed by atoms with Crippen LogP contribution >= 0.6 is 0 Å². The number of imidazole rings is 1. The van der Waals surface area contributed by atoms with Crippen molar-refractivity contribution in [3.05, 3.63) is 36.5 Å². The number of unbranched alkanes of at least 4 members (excludes halogenated alkanes) is 1. The van der Waals surface area contributed by atoms with Crippen molar-refractivity contribution in [3.8, 4) is 11.3 Å². The summed E-state index contributed by atoms with van der Waals surface area (Å²) in [5.41, 5.74) is 0.178.